The van der Waals surface area contributed by atoms with E-state index in [0.29, 0.717) is 39.5 Å². The van der Waals surface area contributed by atoms with Crippen LogP contribution < -0.4 is 10.4 Å². The van der Waals surface area contributed by atoms with Gasteiger partial charge < -0.3 is 19.3 Å². The van der Waals surface area contributed by atoms with Crippen LogP contribution in [0.25, 0.3) is 6.20 Å². The zero-order valence-electron chi connectivity index (χ0n) is 13.0. The van der Waals surface area contributed by atoms with Gasteiger partial charge in [-0.3, -0.25) is 10.2 Å². The van der Waals surface area contributed by atoms with E-state index in [1.807, 2.05) is 6.07 Å². The van der Waals surface area contributed by atoms with Crippen LogP contribution in [0.4, 0.5) is 5.82 Å². The van der Waals surface area contributed by atoms with Gasteiger partial charge in [-0.1, -0.05) is 0 Å². The highest BCUT2D eigenvalue weighted by Crippen LogP contribution is 2.10. The molecule has 2 saturated heterocycles. The van der Waals surface area contributed by atoms with Crippen LogP contribution in [-0.4, -0.2) is 73.2 Å². The van der Waals surface area contributed by atoms with Crippen LogP contribution in [0.15, 0.2) is 18.2 Å². The van der Waals surface area contributed by atoms with Crippen molar-refractivity contribution in [3.63, 3.8) is 0 Å². The molecule has 3 rings (SSSR count). The van der Waals surface area contributed by atoms with E-state index in [-0.39, 0.29) is 11.4 Å². The summed E-state index contributed by atoms with van der Waals surface area (Å²) in [6.45, 7) is 5.25. The number of hydrogen-bond donors (Lipinski definition) is 1. The molecule has 23 heavy (non-hydrogen) atoms. The first-order valence-corrected chi connectivity index (χ1v) is 7.76. The molecule has 1 aromatic rings. The fourth-order valence-corrected chi connectivity index (χ4v) is 2.53. The van der Waals surface area contributed by atoms with Gasteiger partial charge in [0.1, 0.15) is 11.3 Å². The van der Waals surface area contributed by atoms with Crippen LogP contribution >= 0.6 is 0 Å². The summed E-state index contributed by atoms with van der Waals surface area (Å²) in [4.78, 5) is 16.0. The number of anilines is 1. The van der Waals surface area contributed by atoms with Gasteiger partial charge >= 0.3 is 0 Å². The lowest BCUT2D eigenvalue weighted by Crippen LogP contribution is -2.40. The van der Waals surface area contributed by atoms with Gasteiger partial charge in [0.2, 0.25) is 5.91 Å². The lowest BCUT2D eigenvalue weighted by atomic mass is 10.4. The topological polar surface area (TPSA) is 83.7 Å². The minimum atomic E-state index is -0.0845. The number of rotatable bonds is 3. The average Bonchev–Trinajstić information content (AvgIpc) is 2.62. The molecule has 3 heterocycles. The Morgan fingerprint density at radius 2 is 1.74 bits per heavy atom. The van der Waals surface area contributed by atoms with E-state index in [2.05, 4.69) is 10.00 Å². The molecule has 0 radical (unpaired) electrons. The largest absolute Gasteiger partial charge is 0.378 e. The van der Waals surface area contributed by atoms with Crippen molar-refractivity contribution in [3.05, 3.63) is 23.7 Å². The van der Waals surface area contributed by atoms with Crippen LogP contribution in [0.1, 0.15) is 0 Å². The van der Waals surface area contributed by atoms with Gasteiger partial charge in [0, 0.05) is 38.5 Å². The smallest absolute Gasteiger partial charge is 0.248 e. The fraction of sp³-hybridized carbons (Fsp3) is 0.533. The fourth-order valence-electron chi connectivity index (χ4n) is 2.53. The van der Waals surface area contributed by atoms with Gasteiger partial charge in [0.05, 0.1) is 26.4 Å². The number of nitrogens with one attached hydrogen (secondary N) is 1. The minimum Gasteiger partial charge on any atom is -0.378 e. The summed E-state index contributed by atoms with van der Waals surface area (Å²) in [5.74, 6) is 0.701. The van der Waals surface area contributed by atoms with Crippen molar-refractivity contribution in [1.29, 1.82) is 5.41 Å². The molecule has 0 aromatic carbocycles. The second-order valence-corrected chi connectivity index (χ2v) is 5.37. The first kappa shape index (κ1) is 15.7. The zero-order valence-corrected chi connectivity index (χ0v) is 13.0. The zero-order chi connectivity index (χ0) is 16.1. The van der Waals surface area contributed by atoms with Crippen molar-refractivity contribution in [2.24, 2.45) is 0 Å². The molecule has 0 spiro atoms. The number of aromatic nitrogens is 2. The van der Waals surface area contributed by atoms with E-state index in [1.54, 1.807) is 17.2 Å². The van der Waals surface area contributed by atoms with Crippen molar-refractivity contribution in [3.8, 4) is 0 Å². The van der Waals surface area contributed by atoms with Crippen LogP contribution in [-0.2, 0) is 14.3 Å². The minimum absolute atomic E-state index is 0.0845. The second kappa shape index (κ2) is 7.38. The monoisotopic (exact) mass is 319 g/mol. The molecule has 1 N–H and O–H groups in total. The maximum atomic E-state index is 12.1. The third kappa shape index (κ3) is 3.96. The predicted octanol–water partition coefficient (Wildman–Crippen LogP) is -0.471. The summed E-state index contributed by atoms with van der Waals surface area (Å²) in [6.07, 6.45) is 3.00. The van der Waals surface area contributed by atoms with Gasteiger partial charge in [-0.2, -0.15) is 0 Å². The first-order chi connectivity index (χ1) is 11.2. The first-order valence-electron chi connectivity index (χ1n) is 7.76. The Morgan fingerprint density at radius 1 is 1.09 bits per heavy atom. The Bertz CT molecular complexity index is 630. The summed E-state index contributed by atoms with van der Waals surface area (Å²) in [5.41, 5.74) is 0.230. The molecular formula is C15H21N5O3. The van der Waals surface area contributed by atoms with Crippen molar-refractivity contribution < 1.29 is 14.3 Å². The molecule has 0 saturated carbocycles. The summed E-state index contributed by atoms with van der Waals surface area (Å²) in [6, 6.07) is 3.50. The number of ether oxygens (including phenoxy) is 2. The maximum absolute atomic E-state index is 12.1. The molecule has 0 unspecified atom stereocenters. The maximum Gasteiger partial charge on any atom is 0.248 e. The molecule has 0 bridgehead atoms. The molecule has 2 fully saturated rings. The van der Waals surface area contributed by atoms with E-state index in [4.69, 9.17) is 14.9 Å². The molecule has 0 atom stereocenters. The molecule has 2 aliphatic rings. The SMILES string of the molecule is N=c1ccc(N2CCOCC2)nn1/C=C/C(=O)N1CCOCC1. The molecular weight excluding hydrogens is 298 g/mol. The molecule has 8 heteroatoms. The summed E-state index contributed by atoms with van der Waals surface area (Å²) in [5, 5.41) is 12.4. The Kier molecular flexibility index (Phi) is 5.04. The third-order valence-electron chi connectivity index (χ3n) is 3.86. The summed E-state index contributed by atoms with van der Waals surface area (Å²) < 4.78 is 12.0. The summed E-state index contributed by atoms with van der Waals surface area (Å²) in [7, 11) is 0. The predicted molar refractivity (Wildman–Crippen MR) is 83.8 cm³/mol. The van der Waals surface area contributed by atoms with Gasteiger partial charge in [-0.05, 0) is 12.1 Å². The standard InChI is InChI=1S/C15H21N5O3/c16-13-1-2-14(18-5-9-22-10-6-18)17-20(13)4-3-15(21)19-7-11-23-12-8-19/h1-4,16H,5-12H2/b4-3+,16-13?. The lowest BCUT2D eigenvalue weighted by molar-refractivity contribution is -0.129. The molecule has 8 nitrogen and oxygen atoms in total. The molecule has 1 amide bonds. The Labute approximate surface area is 134 Å². The normalized spacial score (nSPS) is 19.3. The Hall–Kier alpha value is -2.19. The van der Waals surface area contributed by atoms with Gasteiger partial charge in [-0.25, -0.2) is 4.68 Å². The van der Waals surface area contributed by atoms with Crippen LogP contribution in [0, 0.1) is 5.41 Å². The third-order valence-corrected chi connectivity index (χ3v) is 3.86. The quantitative estimate of drug-likeness (QED) is 0.762. The van der Waals surface area contributed by atoms with Gasteiger partial charge in [-0.15, -0.1) is 5.10 Å². The highest BCUT2D eigenvalue weighted by molar-refractivity contribution is 5.90. The van der Waals surface area contributed by atoms with Crippen molar-refractivity contribution in [2.75, 3.05) is 57.5 Å². The van der Waals surface area contributed by atoms with Crippen molar-refractivity contribution >= 4 is 17.9 Å². The Morgan fingerprint density at radius 3 is 2.43 bits per heavy atom. The second-order valence-electron chi connectivity index (χ2n) is 5.37. The molecule has 0 aliphatic carbocycles. The number of carbonyl (C=O) groups is 1. The van der Waals surface area contributed by atoms with E-state index in [9.17, 15) is 4.79 Å². The van der Waals surface area contributed by atoms with Crippen molar-refractivity contribution in [2.45, 2.75) is 0 Å². The van der Waals surface area contributed by atoms with E-state index < -0.39 is 0 Å². The van der Waals surface area contributed by atoms with E-state index >= 15 is 0 Å². The molecule has 124 valence electrons. The van der Waals surface area contributed by atoms with Crippen LogP contribution in [0.5, 0.6) is 0 Å². The number of amides is 1. The van der Waals surface area contributed by atoms with Gasteiger partial charge in [0.25, 0.3) is 0 Å². The average molecular weight is 319 g/mol. The summed E-state index contributed by atoms with van der Waals surface area (Å²) >= 11 is 0. The van der Waals surface area contributed by atoms with E-state index in [1.165, 1.54) is 10.8 Å². The molecule has 1 aromatic heterocycles. The Balaban J connectivity index is 1.72. The van der Waals surface area contributed by atoms with Crippen LogP contribution in [0.2, 0.25) is 0 Å². The number of morpholine rings is 2. The van der Waals surface area contributed by atoms with E-state index in [0.717, 1.165) is 18.9 Å². The highest BCUT2D eigenvalue weighted by Gasteiger charge is 2.15. The van der Waals surface area contributed by atoms with Crippen LogP contribution in [0.3, 0.4) is 0 Å². The lowest BCUT2D eigenvalue weighted by Gasteiger charge is -2.27. The number of hydrogen-bond acceptors (Lipinski definition) is 6. The number of nitrogens with zero attached hydrogens (tertiary/aromatic N) is 4. The molecule has 2 aliphatic heterocycles. The van der Waals surface area contributed by atoms with Crippen molar-refractivity contribution in [1.82, 2.24) is 14.7 Å². The highest BCUT2D eigenvalue weighted by atomic mass is 16.5. The number of carbonyl (C=O) groups excluding carboxylic acids is 1. The van der Waals surface area contributed by atoms with Gasteiger partial charge in [0.15, 0.2) is 0 Å².